The molecule has 1 N–H and O–H groups in total. The van der Waals surface area contributed by atoms with Crippen LogP contribution in [0.5, 0.6) is 11.5 Å². The van der Waals surface area contributed by atoms with Crippen LogP contribution in [0.25, 0.3) is 11.1 Å². The van der Waals surface area contributed by atoms with E-state index in [9.17, 15) is 9.59 Å². The summed E-state index contributed by atoms with van der Waals surface area (Å²) in [4.78, 5) is 24.4. The lowest BCUT2D eigenvalue weighted by Crippen LogP contribution is -2.35. The van der Waals surface area contributed by atoms with Crippen LogP contribution < -0.4 is 9.47 Å². The van der Waals surface area contributed by atoms with E-state index in [1.807, 2.05) is 67.5 Å². The molecule has 7 nitrogen and oxygen atoms in total. The number of esters is 1. The molecule has 0 saturated heterocycles. The summed E-state index contributed by atoms with van der Waals surface area (Å²) in [5.74, 6) is -0.178. The van der Waals surface area contributed by atoms with Gasteiger partial charge >= 0.3 is 11.9 Å². The molecule has 0 heterocycles. The Morgan fingerprint density at radius 3 is 2.52 bits per heavy atom. The number of carboxylic acids is 1. The molecule has 0 fully saturated rings. The van der Waals surface area contributed by atoms with E-state index in [0.717, 1.165) is 16.9 Å². The minimum Gasteiger partial charge on any atom is -0.496 e. The summed E-state index contributed by atoms with van der Waals surface area (Å²) in [6.45, 7) is 0.622. The van der Waals surface area contributed by atoms with Crippen LogP contribution in [0.1, 0.15) is 12.8 Å². The van der Waals surface area contributed by atoms with Gasteiger partial charge in [0.2, 0.25) is 0 Å². The molecule has 156 valence electrons. The van der Waals surface area contributed by atoms with Crippen molar-refractivity contribution < 1.29 is 28.9 Å². The number of aliphatic carboxylic acids is 1. The lowest BCUT2D eigenvalue weighted by atomic mass is 10.0. The molecule has 0 aliphatic heterocycles. The summed E-state index contributed by atoms with van der Waals surface area (Å²) in [7, 11) is 5.35. The van der Waals surface area contributed by atoms with Crippen LogP contribution in [-0.4, -0.2) is 62.4 Å². The maximum Gasteiger partial charge on any atom is 0.306 e. The van der Waals surface area contributed by atoms with E-state index in [4.69, 9.17) is 19.3 Å². The fourth-order valence-electron chi connectivity index (χ4n) is 2.81. The zero-order chi connectivity index (χ0) is 21.2. The van der Waals surface area contributed by atoms with E-state index >= 15 is 0 Å². The summed E-state index contributed by atoms with van der Waals surface area (Å²) in [6.07, 6.45) is -0.932. The number of benzene rings is 2. The van der Waals surface area contributed by atoms with Crippen LogP contribution >= 0.6 is 0 Å². The first-order valence-electron chi connectivity index (χ1n) is 9.31. The monoisotopic (exact) mass is 401 g/mol. The molecule has 0 radical (unpaired) electrons. The fourth-order valence-corrected chi connectivity index (χ4v) is 2.81. The third-order valence-electron chi connectivity index (χ3n) is 4.10. The molecular formula is C22H27NO6. The van der Waals surface area contributed by atoms with E-state index < -0.39 is 18.0 Å². The Balaban J connectivity index is 2.05. The molecule has 0 saturated carbocycles. The highest BCUT2D eigenvalue weighted by atomic mass is 16.6. The minimum absolute atomic E-state index is 0.159. The molecule has 0 bridgehead atoms. The topological polar surface area (TPSA) is 85.3 Å². The van der Waals surface area contributed by atoms with Crippen molar-refractivity contribution >= 4 is 11.9 Å². The van der Waals surface area contributed by atoms with Crippen molar-refractivity contribution in [1.82, 2.24) is 4.90 Å². The minimum atomic E-state index is -1.03. The van der Waals surface area contributed by atoms with Crippen molar-refractivity contribution in [2.45, 2.75) is 18.9 Å². The molecule has 0 amide bonds. The number of likely N-dealkylation sites (N-methyl/N-ethyl adjacent to an activating group) is 1. The second-order valence-electron chi connectivity index (χ2n) is 6.81. The van der Waals surface area contributed by atoms with Gasteiger partial charge in [0.15, 0.2) is 0 Å². The first-order chi connectivity index (χ1) is 13.9. The first-order valence-corrected chi connectivity index (χ1v) is 9.31. The molecule has 0 aromatic heterocycles. The Hall–Kier alpha value is -3.06. The van der Waals surface area contributed by atoms with Crippen molar-refractivity contribution in [1.29, 1.82) is 0 Å². The summed E-state index contributed by atoms with van der Waals surface area (Å²) in [6, 6.07) is 15.3. The molecule has 2 rings (SSSR count). The molecule has 1 unspecified atom stereocenters. The molecular weight excluding hydrogens is 374 g/mol. The Labute approximate surface area is 170 Å². The largest absolute Gasteiger partial charge is 0.496 e. The lowest BCUT2D eigenvalue weighted by molar-refractivity contribution is -0.153. The number of methoxy groups -OCH3 is 1. The number of rotatable bonds is 11. The molecule has 2 aromatic rings. The van der Waals surface area contributed by atoms with Gasteiger partial charge in [0, 0.05) is 12.1 Å². The Kier molecular flexibility index (Phi) is 8.48. The summed E-state index contributed by atoms with van der Waals surface area (Å²) in [5, 5.41) is 8.70. The lowest BCUT2D eigenvalue weighted by Gasteiger charge is -2.22. The normalized spacial score (nSPS) is 11.7. The number of carbonyl (C=O) groups is 2. The predicted octanol–water partition coefficient (Wildman–Crippen LogP) is 3.08. The van der Waals surface area contributed by atoms with Gasteiger partial charge in [0.25, 0.3) is 0 Å². The molecule has 0 aliphatic rings. The van der Waals surface area contributed by atoms with Crippen LogP contribution in [0.4, 0.5) is 0 Å². The average molecular weight is 401 g/mol. The van der Waals surface area contributed by atoms with Crippen LogP contribution in [0.2, 0.25) is 0 Å². The van der Waals surface area contributed by atoms with Crippen LogP contribution in [0.3, 0.4) is 0 Å². The summed E-state index contributed by atoms with van der Waals surface area (Å²) < 4.78 is 16.7. The molecule has 2 aromatic carbocycles. The van der Waals surface area contributed by atoms with Gasteiger partial charge in [0.1, 0.15) is 24.2 Å². The second-order valence-corrected chi connectivity index (χ2v) is 6.81. The third kappa shape index (κ3) is 7.46. The van der Waals surface area contributed by atoms with E-state index in [1.54, 1.807) is 7.11 Å². The van der Waals surface area contributed by atoms with Gasteiger partial charge in [0.05, 0.1) is 20.0 Å². The van der Waals surface area contributed by atoms with Crippen LogP contribution in [0, 0.1) is 0 Å². The first kappa shape index (κ1) is 22.2. The molecule has 1 atom stereocenters. The van der Waals surface area contributed by atoms with E-state index in [-0.39, 0.29) is 19.4 Å². The highest BCUT2D eigenvalue weighted by Crippen LogP contribution is 2.31. The zero-order valence-electron chi connectivity index (χ0n) is 17.0. The Bertz CT molecular complexity index is 820. The average Bonchev–Trinajstić information content (AvgIpc) is 2.70. The number of para-hydroxylation sites is 1. The summed E-state index contributed by atoms with van der Waals surface area (Å²) in [5.41, 5.74) is 1.90. The van der Waals surface area contributed by atoms with Crippen molar-refractivity contribution in [3.8, 4) is 22.6 Å². The van der Waals surface area contributed by atoms with Gasteiger partial charge in [-0.05, 0) is 37.9 Å². The molecule has 0 spiro atoms. The van der Waals surface area contributed by atoms with E-state index in [0.29, 0.717) is 12.3 Å². The zero-order valence-corrected chi connectivity index (χ0v) is 17.0. The molecule has 0 aliphatic carbocycles. The standard InChI is InChI=1S/C22H27NO6/c1-23(2)14-18(29-22(26)12-11-21(24)25)15-28-17-8-6-7-16(13-17)19-9-4-5-10-20(19)27-3/h4-10,13,18H,11-12,14-15H2,1-3H3,(H,24,25). The third-order valence-corrected chi connectivity index (χ3v) is 4.10. The molecule has 29 heavy (non-hydrogen) atoms. The summed E-state index contributed by atoms with van der Waals surface area (Å²) >= 11 is 0. The van der Waals surface area contributed by atoms with Crippen molar-refractivity contribution in [2.75, 3.05) is 34.4 Å². The van der Waals surface area contributed by atoms with Gasteiger partial charge in [-0.25, -0.2) is 0 Å². The smallest absolute Gasteiger partial charge is 0.306 e. The predicted molar refractivity (Wildman–Crippen MR) is 109 cm³/mol. The number of carboxylic acid groups (broad SMARTS) is 1. The number of carbonyl (C=O) groups excluding carboxylic acids is 1. The number of ether oxygens (including phenoxy) is 3. The number of nitrogens with zero attached hydrogens (tertiary/aromatic N) is 1. The van der Waals surface area contributed by atoms with Gasteiger partial charge in [-0.15, -0.1) is 0 Å². The van der Waals surface area contributed by atoms with Gasteiger partial charge in [-0.2, -0.15) is 0 Å². The quantitative estimate of drug-likeness (QED) is 0.579. The van der Waals surface area contributed by atoms with Gasteiger partial charge in [-0.3, -0.25) is 9.59 Å². The van der Waals surface area contributed by atoms with Gasteiger partial charge < -0.3 is 24.2 Å². The highest BCUT2D eigenvalue weighted by Gasteiger charge is 2.18. The molecule has 7 heteroatoms. The number of hydrogen-bond donors (Lipinski definition) is 1. The highest BCUT2D eigenvalue weighted by molar-refractivity contribution is 5.76. The van der Waals surface area contributed by atoms with Crippen molar-refractivity contribution in [3.05, 3.63) is 48.5 Å². The van der Waals surface area contributed by atoms with E-state index in [1.165, 1.54) is 0 Å². The second kappa shape index (κ2) is 11.1. The Morgan fingerprint density at radius 2 is 1.83 bits per heavy atom. The van der Waals surface area contributed by atoms with E-state index in [2.05, 4.69) is 0 Å². The van der Waals surface area contributed by atoms with Crippen molar-refractivity contribution in [3.63, 3.8) is 0 Å². The maximum absolute atomic E-state index is 11.9. The maximum atomic E-state index is 11.9. The number of hydrogen-bond acceptors (Lipinski definition) is 6. The Morgan fingerprint density at radius 1 is 1.07 bits per heavy atom. The fraction of sp³-hybridized carbons (Fsp3) is 0.364. The van der Waals surface area contributed by atoms with Gasteiger partial charge in [-0.1, -0.05) is 30.3 Å². The SMILES string of the molecule is COc1ccccc1-c1cccc(OCC(CN(C)C)OC(=O)CCC(=O)O)c1. The van der Waals surface area contributed by atoms with Crippen molar-refractivity contribution in [2.24, 2.45) is 0 Å². The van der Waals surface area contributed by atoms with Crippen LogP contribution in [0.15, 0.2) is 48.5 Å². The van der Waals surface area contributed by atoms with Crippen LogP contribution in [-0.2, 0) is 14.3 Å².